The zero-order chi connectivity index (χ0) is 9.10. The van der Waals surface area contributed by atoms with Gasteiger partial charge in [0.15, 0.2) is 0 Å². The van der Waals surface area contributed by atoms with Gasteiger partial charge in [0.1, 0.15) is 0 Å². The Balaban J connectivity index is 1.82. The lowest BCUT2D eigenvalue weighted by Crippen LogP contribution is -2.27. The highest BCUT2D eigenvalue weighted by Gasteiger charge is 2.24. The van der Waals surface area contributed by atoms with Crippen LogP contribution < -0.4 is 5.32 Å². The Hall–Kier alpha value is -0.760. The van der Waals surface area contributed by atoms with Crippen LogP contribution in [0.2, 0.25) is 0 Å². The van der Waals surface area contributed by atoms with Crippen LogP contribution >= 0.6 is 0 Å². The molecule has 1 heterocycles. The van der Waals surface area contributed by atoms with Crippen molar-refractivity contribution in [3.8, 4) is 0 Å². The first-order chi connectivity index (χ1) is 6.38. The van der Waals surface area contributed by atoms with E-state index in [-0.39, 0.29) is 0 Å². The molecule has 1 N–H and O–H groups in total. The Morgan fingerprint density at radius 3 is 3.00 bits per heavy atom. The lowest BCUT2D eigenvalue weighted by molar-refractivity contribution is 0.486. The van der Waals surface area contributed by atoms with E-state index in [0.29, 0.717) is 6.04 Å². The van der Waals surface area contributed by atoms with Gasteiger partial charge in [-0.25, -0.2) is 0 Å². The molecule has 1 aliphatic carbocycles. The normalized spacial score (nSPS) is 18.8. The minimum absolute atomic E-state index is 0.630. The van der Waals surface area contributed by atoms with E-state index in [1.54, 1.807) is 6.26 Å². The first kappa shape index (κ1) is 8.82. The summed E-state index contributed by atoms with van der Waals surface area (Å²) in [6.07, 6.45) is 8.88. The van der Waals surface area contributed by atoms with Gasteiger partial charge in [-0.15, -0.1) is 0 Å². The van der Waals surface area contributed by atoms with Crippen LogP contribution in [0.15, 0.2) is 23.0 Å². The first-order valence-corrected chi connectivity index (χ1v) is 5.07. The summed E-state index contributed by atoms with van der Waals surface area (Å²) in [5.74, 6) is 0.990. The Labute approximate surface area is 79.3 Å². The Bertz CT molecular complexity index is 239. The average Bonchev–Trinajstić information content (AvgIpc) is 2.80. The van der Waals surface area contributed by atoms with Crippen LogP contribution in [0.4, 0.5) is 0 Å². The molecule has 1 unspecified atom stereocenters. The third-order valence-electron chi connectivity index (χ3n) is 2.79. The second-order valence-corrected chi connectivity index (χ2v) is 4.00. The van der Waals surface area contributed by atoms with Gasteiger partial charge in [0.25, 0.3) is 0 Å². The summed E-state index contributed by atoms with van der Waals surface area (Å²) in [6, 6.07) is 2.68. The smallest absolute Gasteiger partial charge is 0.0935 e. The Kier molecular flexibility index (Phi) is 2.69. The van der Waals surface area contributed by atoms with Gasteiger partial charge in [-0.2, -0.15) is 0 Å². The summed E-state index contributed by atoms with van der Waals surface area (Å²) in [6.45, 7) is 0. The molecule has 1 atom stereocenters. The van der Waals surface area contributed by atoms with Crippen molar-refractivity contribution in [1.29, 1.82) is 0 Å². The van der Waals surface area contributed by atoms with Crippen LogP contribution in [0.25, 0.3) is 0 Å². The third kappa shape index (κ3) is 2.59. The SMILES string of the molecule is CNC(Cc1ccoc1)CC1CC1. The molecule has 0 aromatic carbocycles. The van der Waals surface area contributed by atoms with Crippen LogP contribution in [0.1, 0.15) is 24.8 Å². The summed E-state index contributed by atoms with van der Waals surface area (Å²) >= 11 is 0. The number of rotatable bonds is 5. The van der Waals surface area contributed by atoms with Crippen molar-refractivity contribution in [3.63, 3.8) is 0 Å². The predicted molar refractivity (Wildman–Crippen MR) is 52.6 cm³/mol. The standard InChI is InChI=1S/C11H17NO/c1-12-11(6-9-2-3-9)7-10-4-5-13-8-10/h4-5,8-9,11-12H,2-3,6-7H2,1H3. The molecule has 0 bridgehead atoms. The van der Waals surface area contributed by atoms with Crippen LogP contribution in [-0.4, -0.2) is 13.1 Å². The molecule has 1 aromatic rings. The fourth-order valence-corrected chi connectivity index (χ4v) is 1.75. The first-order valence-electron chi connectivity index (χ1n) is 5.07. The molecule has 1 saturated carbocycles. The van der Waals surface area contributed by atoms with Crippen molar-refractivity contribution in [3.05, 3.63) is 24.2 Å². The van der Waals surface area contributed by atoms with E-state index < -0.39 is 0 Å². The molecular formula is C11H17NO. The number of furan rings is 1. The van der Waals surface area contributed by atoms with Gasteiger partial charge in [0, 0.05) is 6.04 Å². The largest absolute Gasteiger partial charge is 0.472 e. The molecule has 0 spiro atoms. The second kappa shape index (κ2) is 3.97. The highest BCUT2D eigenvalue weighted by Crippen LogP contribution is 2.34. The molecule has 1 fully saturated rings. The van der Waals surface area contributed by atoms with Crippen molar-refractivity contribution >= 4 is 0 Å². The zero-order valence-corrected chi connectivity index (χ0v) is 8.12. The summed E-state index contributed by atoms with van der Waals surface area (Å²) in [4.78, 5) is 0. The molecule has 2 rings (SSSR count). The van der Waals surface area contributed by atoms with E-state index in [4.69, 9.17) is 4.42 Å². The van der Waals surface area contributed by atoms with Crippen molar-refractivity contribution in [2.75, 3.05) is 7.05 Å². The number of likely N-dealkylation sites (N-methyl/N-ethyl adjacent to an activating group) is 1. The molecule has 0 aliphatic heterocycles. The van der Waals surface area contributed by atoms with Crippen LogP contribution in [0.5, 0.6) is 0 Å². The fraction of sp³-hybridized carbons (Fsp3) is 0.636. The zero-order valence-electron chi connectivity index (χ0n) is 8.12. The van der Waals surface area contributed by atoms with Crippen LogP contribution in [-0.2, 0) is 6.42 Å². The maximum absolute atomic E-state index is 5.05. The molecule has 2 heteroatoms. The van der Waals surface area contributed by atoms with Crippen molar-refractivity contribution in [2.24, 2.45) is 5.92 Å². The minimum atomic E-state index is 0.630. The van der Waals surface area contributed by atoms with E-state index in [2.05, 4.69) is 11.4 Å². The molecule has 2 nitrogen and oxygen atoms in total. The second-order valence-electron chi connectivity index (χ2n) is 4.00. The fourth-order valence-electron chi connectivity index (χ4n) is 1.75. The van der Waals surface area contributed by atoms with E-state index in [1.807, 2.05) is 13.3 Å². The Morgan fingerprint density at radius 2 is 2.46 bits per heavy atom. The molecule has 0 radical (unpaired) electrons. The van der Waals surface area contributed by atoms with Gasteiger partial charge in [-0.3, -0.25) is 0 Å². The van der Waals surface area contributed by atoms with E-state index in [9.17, 15) is 0 Å². The van der Waals surface area contributed by atoms with Gasteiger partial charge in [0.2, 0.25) is 0 Å². The summed E-state index contributed by atoms with van der Waals surface area (Å²) in [5.41, 5.74) is 1.31. The van der Waals surface area contributed by atoms with Gasteiger partial charge >= 0.3 is 0 Å². The average molecular weight is 179 g/mol. The van der Waals surface area contributed by atoms with E-state index in [0.717, 1.165) is 12.3 Å². The van der Waals surface area contributed by atoms with Gasteiger partial charge in [-0.05, 0) is 37.4 Å². The minimum Gasteiger partial charge on any atom is -0.472 e. The van der Waals surface area contributed by atoms with Crippen molar-refractivity contribution < 1.29 is 4.42 Å². The maximum atomic E-state index is 5.05. The highest BCUT2D eigenvalue weighted by atomic mass is 16.3. The quantitative estimate of drug-likeness (QED) is 0.749. The molecule has 1 aromatic heterocycles. The molecule has 1 aliphatic rings. The lowest BCUT2D eigenvalue weighted by Gasteiger charge is -2.14. The molecule has 0 amide bonds. The molecular weight excluding hydrogens is 162 g/mol. The summed E-state index contributed by atoms with van der Waals surface area (Å²) < 4.78 is 5.05. The van der Waals surface area contributed by atoms with E-state index in [1.165, 1.54) is 24.8 Å². The third-order valence-corrected chi connectivity index (χ3v) is 2.79. The number of nitrogens with one attached hydrogen (secondary N) is 1. The number of hydrogen-bond donors (Lipinski definition) is 1. The predicted octanol–water partition coefficient (Wildman–Crippen LogP) is 2.21. The monoisotopic (exact) mass is 179 g/mol. The van der Waals surface area contributed by atoms with Crippen LogP contribution in [0, 0.1) is 5.92 Å². The van der Waals surface area contributed by atoms with Crippen molar-refractivity contribution in [1.82, 2.24) is 5.32 Å². The Morgan fingerprint density at radius 1 is 1.62 bits per heavy atom. The molecule has 13 heavy (non-hydrogen) atoms. The van der Waals surface area contributed by atoms with E-state index >= 15 is 0 Å². The lowest BCUT2D eigenvalue weighted by atomic mass is 10.0. The topological polar surface area (TPSA) is 25.2 Å². The highest BCUT2D eigenvalue weighted by molar-refractivity contribution is 5.07. The van der Waals surface area contributed by atoms with Gasteiger partial charge < -0.3 is 9.73 Å². The summed E-state index contributed by atoms with van der Waals surface area (Å²) in [5, 5.41) is 3.37. The van der Waals surface area contributed by atoms with Gasteiger partial charge in [0.05, 0.1) is 12.5 Å². The van der Waals surface area contributed by atoms with Crippen molar-refractivity contribution in [2.45, 2.75) is 31.7 Å². The van der Waals surface area contributed by atoms with Gasteiger partial charge in [-0.1, -0.05) is 12.8 Å². The van der Waals surface area contributed by atoms with Crippen LogP contribution in [0.3, 0.4) is 0 Å². The molecule has 72 valence electrons. The maximum Gasteiger partial charge on any atom is 0.0935 e. The molecule has 0 saturated heterocycles. The summed E-state index contributed by atoms with van der Waals surface area (Å²) in [7, 11) is 2.05. The number of hydrogen-bond acceptors (Lipinski definition) is 2.